The molecule has 0 unspecified atom stereocenters. The van der Waals surface area contributed by atoms with Gasteiger partial charge in [0.2, 0.25) is 11.1 Å². The molecule has 5 aromatic rings. The molecule has 0 spiro atoms. The first kappa shape index (κ1) is 35.0. The Kier molecular flexibility index (Phi) is 11.7. The van der Waals surface area contributed by atoms with Crippen molar-refractivity contribution in [1.29, 1.82) is 0 Å². The molecular formula is C38H39N5O6S. The Morgan fingerprint density at radius 3 is 2.36 bits per heavy atom. The average Bonchev–Trinajstić information content (AvgIpc) is 3.63. The van der Waals surface area contributed by atoms with Crippen LogP contribution in [0.5, 0.6) is 0 Å². The SMILES string of the molecule is C[C@@H]1[C@H](CSc2nnnn2-c2ccccc2)O[C@H](c2ccc(-c3cccc(CNC(=O)CCCC(=O)O)c3)cc2)O[C@@H]1c1ccc(CO)cc1. The van der Waals surface area contributed by atoms with Crippen LogP contribution < -0.4 is 5.32 Å². The van der Waals surface area contributed by atoms with Crippen molar-refractivity contribution in [3.63, 3.8) is 0 Å². The number of carboxylic acid groups (broad SMARTS) is 1. The molecule has 1 amide bonds. The number of hydrogen-bond donors (Lipinski definition) is 3. The van der Waals surface area contributed by atoms with E-state index in [-0.39, 0.29) is 43.5 Å². The number of thioether (sulfide) groups is 1. The third kappa shape index (κ3) is 8.82. The molecule has 1 aliphatic rings. The molecule has 1 aliphatic heterocycles. The maximum atomic E-state index is 12.2. The number of amides is 1. The van der Waals surface area contributed by atoms with Gasteiger partial charge in [-0.2, -0.15) is 4.68 Å². The van der Waals surface area contributed by atoms with Crippen LogP contribution in [0, 0.1) is 5.92 Å². The number of carboxylic acids is 1. The molecule has 12 heteroatoms. The van der Waals surface area contributed by atoms with E-state index in [2.05, 4.69) is 27.8 Å². The van der Waals surface area contributed by atoms with E-state index in [1.807, 2.05) is 103 Å². The quantitative estimate of drug-likeness (QED) is 0.114. The number of aliphatic carboxylic acids is 1. The number of ether oxygens (including phenoxy) is 2. The summed E-state index contributed by atoms with van der Waals surface area (Å²) >= 11 is 1.53. The highest BCUT2D eigenvalue weighted by molar-refractivity contribution is 7.99. The van der Waals surface area contributed by atoms with Gasteiger partial charge in [-0.3, -0.25) is 9.59 Å². The second kappa shape index (κ2) is 16.7. The molecule has 11 nitrogen and oxygen atoms in total. The maximum absolute atomic E-state index is 12.2. The van der Waals surface area contributed by atoms with Crippen LogP contribution in [-0.2, 0) is 32.2 Å². The predicted octanol–water partition coefficient (Wildman–Crippen LogP) is 6.28. The molecule has 0 radical (unpaired) electrons. The molecule has 0 saturated carbocycles. The summed E-state index contributed by atoms with van der Waals surface area (Å²) in [7, 11) is 0. The summed E-state index contributed by atoms with van der Waals surface area (Å²) in [6.07, 6.45) is -0.611. The zero-order valence-electron chi connectivity index (χ0n) is 27.6. The maximum Gasteiger partial charge on any atom is 0.303 e. The van der Waals surface area contributed by atoms with Crippen LogP contribution >= 0.6 is 11.8 Å². The van der Waals surface area contributed by atoms with Gasteiger partial charge in [-0.15, -0.1) is 5.10 Å². The molecule has 0 aliphatic carbocycles. The number of hydrogen-bond acceptors (Lipinski definition) is 9. The van der Waals surface area contributed by atoms with Crippen molar-refractivity contribution >= 4 is 23.6 Å². The lowest BCUT2D eigenvalue weighted by molar-refractivity contribution is -0.268. The van der Waals surface area contributed by atoms with Crippen LogP contribution in [0.3, 0.4) is 0 Å². The van der Waals surface area contributed by atoms with Gasteiger partial charge in [0.05, 0.1) is 24.5 Å². The van der Waals surface area contributed by atoms with Gasteiger partial charge >= 0.3 is 5.97 Å². The van der Waals surface area contributed by atoms with Crippen LogP contribution in [0.25, 0.3) is 16.8 Å². The standard InChI is InChI=1S/C38H39N5O6S/c1-25-33(24-50-38-40-41-42-43(38)32-9-3-2-4-10-32)48-37(49-36(25)29-15-13-26(23-44)14-16-29)30-19-17-28(18-20-30)31-8-5-7-27(21-31)22-39-34(45)11-6-12-35(46)47/h2-5,7-10,13-21,25,33,36-37,44H,6,11-12,22-24H2,1H3,(H,39,45)(H,46,47)/t25-,33+,36+,37+/m1/s1. The fourth-order valence-electron chi connectivity index (χ4n) is 5.85. The van der Waals surface area contributed by atoms with E-state index in [0.717, 1.165) is 39.1 Å². The topological polar surface area (TPSA) is 149 Å². The summed E-state index contributed by atoms with van der Waals surface area (Å²) in [5.41, 5.74) is 6.55. The number of aliphatic hydroxyl groups is 1. The van der Waals surface area contributed by atoms with Gasteiger partial charge in [-0.1, -0.05) is 104 Å². The fourth-order valence-corrected chi connectivity index (χ4v) is 6.90. The first-order valence-electron chi connectivity index (χ1n) is 16.5. The van der Waals surface area contributed by atoms with Crippen molar-refractivity contribution in [2.24, 2.45) is 5.92 Å². The monoisotopic (exact) mass is 693 g/mol. The zero-order chi connectivity index (χ0) is 34.9. The van der Waals surface area contributed by atoms with Crippen molar-refractivity contribution in [2.75, 3.05) is 5.75 Å². The van der Waals surface area contributed by atoms with Crippen LogP contribution in [0.15, 0.2) is 108 Å². The summed E-state index contributed by atoms with van der Waals surface area (Å²) in [5.74, 6) is -0.477. The van der Waals surface area contributed by atoms with Crippen molar-refractivity contribution in [3.05, 3.63) is 125 Å². The Hall–Kier alpha value is -4.88. The minimum absolute atomic E-state index is 0.000504. The zero-order valence-corrected chi connectivity index (χ0v) is 28.4. The molecule has 0 bridgehead atoms. The second-order valence-corrected chi connectivity index (χ2v) is 13.2. The van der Waals surface area contributed by atoms with Crippen LogP contribution in [0.2, 0.25) is 0 Å². The molecule has 3 N–H and O–H groups in total. The fraction of sp³-hybridized carbons (Fsp3) is 0.289. The summed E-state index contributed by atoms with van der Waals surface area (Å²) in [6, 6.07) is 33.7. The van der Waals surface area contributed by atoms with Gasteiger partial charge in [0, 0.05) is 36.6 Å². The third-order valence-corrected chi connectivity index (χ3v) is 9.68. The molecule has 1 saturated heterocycles. The first-order valence-corrected chi connectivity index (χ1v) is 17.5. The number of carbonyl (C=O) groups excluding carboxylic acids is 1. The minimum atomic E-state index is -0.904. The molecule has 258 valence electrons. The van der Waals surface area contributed by atoms with Crippen LogP contribution in [-0.4, -0.2) is 54.2 Å². The van der Waals surface area contributed by atoms with Crippen molar-refractivity contribution in [3.8, 4) is 16.8 Å². The van der Waals surface area contributed by atoms with Crippen molar-refractivity contribution < 1.29 is 29.3 Å². The van der Waals surface area contributed by atoms with E-state index in [0.29, 0.717) is 23.9 Å². The Morgan fingerprint density at radius 1 is 0.860 bits per heavy atom. The van der Waals surface area contributed by atoms with Crippen LogP contribution in [0.1, 0.15) is 60.8 Å². The molecule has 6 rings (SSSR count). The molecule has 1 aromatic heterocycles. The first-order chi connectivity index (χ1) is 24.4. The Labute approximate surface area is 294 Å². The van der Waals surface area contributed by atoms with Gasteiger partial charge in [-0.25, -0.2) is 0 Å². The molecule has 50 heavy (non-hydrogen) atoms. The number of rotatable bonds is 14. The van der Waals surface area contributed by atoms with E-state index < -0.39 is 12.3 Å². The Morgan fingerprint density at radius 2 is 1.62 bits per heavy atom. The number of nitrogens with one attached hydrogen (secondary N) is 1. The minimum Gasteiger partial charge on any atom is -0.481 e. The summed E-state index contributed by atoms with van der Waals surface area (Å²) in [6.45, 7) is 2.46. The lowest BCUT2D eigenvalue weighted by atomic mass is 9.91. The van der Waals surface area contributed by atoms with Gasteiger partial charge in [-0.05, 0) is 62.9 Å². The van der Waals surface area contributed by atoms with E-state index in [1.165, 1.54) is 11.8 Å². The number of aromatic nitrogens is 4. The molecule has 4 atom stereocenters. The number of tetrazole rings is 1. The molecule has 4 aromatic carbocycles. The number of nitrogens with zero attached hydrogens (tertiary/aromatic N) is 4. The average molecular weight is 694 g/mol. The number of para-hydroxylation sites is 1. The summed E-state index contributed by atoms with van der Waals surface area (Å²) < 4.78 is 15.0. The van der Waals surface area contributed by atoms with E-state index >= 15 is 0 Å². The number of carbonyl (C=O) groups is 2. The number of benzene rings is 4. The lowest BCUT2D eigenvalue weighted by Gasteiger charge is -2.41. The second-order valence-electron chi connectivity index (χ2n) is 12.2. The van der Waals surface area contributed by atoms with E-state index in [1.54, 1.807) is 4.68 Å². The molecular weight excluding hydrogens is 655 g/mol. The highest BCUT2D eigenvalue weighted by atomic mass is 32.2. The number of aliphatic hydroxyl groups excluding tert-OH is 1. The van der Waals surface area contributed by atoms with Gasteiger partial charge < -0.3 is 25.0 Å². The van der Waals surface area contributed by atoms with Gasteiger partial charge in [0.1, 0.15) is 0 Å². The van der Waals surface area contributed by atoms with Gasteiger partial charge in [0.25, 0.3) is 0 Å². The normalized spacial score (nSPS) is 18.8. The third-order valence-electron chi connectivity index (χ3n) is 8.67. The highest BCUT2D eigenvalue weighted by Gasteiger charge is 2.38. The smallest absolute Gasteiger partial charge is 0.303 e. The highest BCUT2D eigenvalue weighted by Crippen LogP contribution is 2.43. The van der Waals surface area contributed by atoms with E-state index in [4.69, 9.17) is 14.6 Å². The molecule has 1 fully saturated rings. The summed E-state index contributed by atoms with van der Waals surface area (Å²) in [4.78, 5) is 22.9. The Balaban J connectivity index is 1.17. The molecule has 2 heterocycles. The van der Waals surface area contributed by atoms with Crippen molar-refractivity contribution in [1.82, 2.24) is 25.5 Å². The van der Waals surface area contributed by atoms with Crippen LogP contribution in [0.4, 0.5) is 0 Å². The van der Waals surface area contributed by atoms with E-state index in [9.17, 15) is 14.7 Å². The summed E-state index contributed by atoms with van der Waals surface area (Å²) in [5, 5.41) is 34.3. The lowest BCUT2D eigenvalue weighted by Crippen LogP contribution is -2.38. The van der Waals surface area contributed by atoms with Crippen molar-refractivity contribution in [2.45, 2.75) is 63.0 Å². The predicted molar refractivity (Wildman–Crippen MR) is 188 cm³/mol. The largest absolute Gasteiger partial charge is 0.481 e. The Bertz CT molecular complexity index is 1870. The van der Waals surface area contributed by atoms with Gasteiger partial charge in [0.15, 0.2) is 6.29 Å².